The van der Waals surface area contributed by atoms with Gasteiger partial charge in [0.05, 0.1) is 18.6 Å². The van der Waals surface area contributed by atoms with Gasteiger partial charge in [-0.1, -0.05) is 20.8 Å². The van der Waals surface area contributed by atoms with Crippen molar-refractivity contribution in [3.8, 4) is 0 Å². The highest BCUT2D eigenvalue weighted by atomic mass is 28.4. The third kappa shape index (κ3) is 18.2. The molecule has 0 heterocycles. The van der Waals surface area contributed by atoms with Crippen molar-refractivity contribution in [3.63, 3.8) is 0 Å². The van der Waals surface area contributed by atoms with Crippen molar-refractivity contribution in [2.75, 3.05) is 52.7 Å². The van der Waals surface area contributed by atoms with Crippen molar-refractivity contribution in [1.82, 2.24) is 16.0 Å². The Morgan fingerprint density at radius 1 is 0.865 bits per heavy atom. The Bertz CT molecular complexity index is 606. The molecule has 220 valence electrons. The molecule has 0 fully saturated rings. The first-order valence-corrected chi connectivity index (χ1v) is 15.4. The SMILES string of the molecule is CCC(C)C(=O)NCCO.CCO[Si](CCCNC(=O)NCCOC(=O)C(C)(C)CC)(OCC)OCC. The fourth-order valence-electron chi connectivity index (χ4n) is 2.76. The molecule has 0 aliphatic rings. The number of amides is 3. The van der Waals surface area contributed by atoms with E-state index in [1.54, 1.807) is 0 Å². The maximum Gasteiger partial charge on any atom is 0.500 e. The van der Waals surface area contributed by atoms with E-state index in [9.17, 15) is 14.4 Å². The number of carbonyl (C=O) groups excluding carboxylic acids is 3. The zero-order valence-electron chi connectivity index (χ0n) is 24.4. The largest absolute Gasteiger partial charge is 0.500 e. The lowest BCUT2D eigenvalue weighted by atomic mass is 9.91. The van der Waals surface area contributed by atoms with E-state index in [1.165, 1.54) is 0 Å². The molecule has 0 bridgehead atoms. The first kappa shape index (κ1) is 37.4. The van der Waals surface area contributed by atoms with Crippen LogP contribution in [-0.4, -0.2) is 84.5 Å². The van der Waals surface area contributed by atoms with Crippen LogP contribution in [-0.2, 0) is 27.6 Å². The maximum absolute atomic E-state index is 11.8. The van der Waals surface area contributed by atoms with Gasteiger partial charge in [-0.25, -0.2) is 4.79 Å². The van der Waals surface area contributed by atoms with Crippen molar-refractivity contribution in [1.29, 1.82) is 0 Å². The molecule has 0 aromatic heterocycles. The van der Waals surface area contributed by atoms with Crippen LogP contribution in [0.4, 0.5) is 4.79 Å². The molecule has 0 aliphatic heterocycles. The summed E-state index contributed by atoms with van der Waals surface area (Å²) in [6.07, 6.45) is 2.24. The van der Waals surface area contributed by atoms with E-state index in [4.69, 9.17) is 23.1 Å². The molecule has 0 aliphatic carbocycles. The molecule has 0 saturated carbocycles. The minimum absolute atomic E-state index is 0.0160. The average Bonchev–Trinajstić information content (AvgIpc) is 2.87. The van der Waals surface area contributed by atoms with Crippen LogP contribution in [0.3, 0.4) is 0 Å². The lowest BCUT2D eigenvalue weighted by molar-refractivity contribution is -0.153. The van der Waals surface area contributed by atoms with Crippen LogP contribution in [0.5, 0.6) is 0 Å². The molecule has 11 nitrogen and oxygen atoms in total. The number of hydrogen-bond acceptors (Lipinski definition) is 8. The lowest BCUT2D eigenvalue weighted by Gasteiger charge is -2.28. The first-order valence-electron chi connectivity index (χ1n) is 13.5. The Kier molecular flexibility index (Phi) is 22.5. The van der Waals surface area contributed by atoms with E-state index >= 15 is 0 Å². The number of hydrogen-bond donors (Lipinski definition) is 4. The molecule has 0 radical (unpaired) electrons. The van der Waals surface area contributed by atoms with Crippen LogP contribution in [0.25, 0.3) is 0 Å². The van der Waals surface area contributed by atoms with E-state index in [-0.39, 0.29) is 43.6 Å². The van der Waals surface area contributed by atoms with Crippen molar-refractivity contribution in [2.24, 2.45) is 11.3 Å². The molecule has 0 saturated heterocycles. The monoisotopic (exact) mass is 551 g/mol. The number of nitrogens with one attached hydrogen (secondary N) is 3. The quantitative estimate of drug-likeness (QED) is 0.109. The Labute approximate surface area is 225 Å². The van der Waals surface area contributed by atoms with Gasteiger partial charge in [0, 0.05) is 44.9 Å². The third-order valence-electron chi connectivity index (χ3n) is 5.57. The zero-order valence-corrected chi connectivity index (χ0v) is 25.4. The van der Waals surface area contributed by atoms with Crippen molar-refractivity contribution in [2.45, 2.75) is 80.7 Å². The summed E-state index contributed by atoms with van der Waals surface area (Å²) in [6, 6.07) is 0.351. The molecule has 0 rings (SSSR count). The first-order chi connectivity index (χ1) is 17.5. The van der Waals surface area contributed by atoms with Gasteiger partial charge in [0.2, 0.25) is 5.91 Å². The maximum atomic E-state index is 11.8. The summed E-state index contributed by atoms with van der Waals surface area (Å²) in [6.45, 7) is 18.1. The molecular formula is C25H53N3O8Si. The Morgan fingerprint density at radius 2 is 1.41 bits per heavy atom. The van der Waals surface area contributed by atoms with Gasteiger partial charge in [0.25, 0.3) is 0 Å². The summed E-state index contributed by atoms with van der Waals surface area (Å²) in [7, 11) is -2.66. The summed E-state index contributed by atoms with van der Waals surface area (Å²) in [5.41, 5.74) is -0.500. The van der Waals surface area contributed by atoms with Gasteiger partial charge in [0.15, 0.2) is 0 Å². The molecular weight excluding hydrogens is 498 g/mol. The van der Waals surface area contributed by atoms with Gasteiger partial charge >= 0.3 is 20.8 Å². The molecule has 4 N–H and O–H groups in total. The van der Waals surface area contributed by atoms with Gasteiger partial charge in [-0.3, -0.25) is 9.59 Å². The molecule has 0 aromatic rings. The fourth-order valence-corrected chi connectivity index (χ4v) is 5.37. The predicted octanol–water partition coefficient (Wildman–Crippen LogP) is 2.84. The van der Waals surface area contributed by atoms with Gasteiger partial charge in [-0.2, -0.15) is 0 Å². The van der Waals surface area contributed by atoms with Crippen molar-refractivity contribution >= 4 is 26.7 Å². The van der Waals surface area contributed by atoms with Gasteiger partial charge < -0.3 is 39.1 Å². The summed E-state index contributed by atoms with van der Waals surface area (Å²) in [5.74, 6) is -0.167. The van der Waals surface area contributed by atoms with Gasteiger partial charge in [-0.05, 0) is 53.9 Å². The normalized spacial score (nSPS) is 12.1. The summed E-state index contributed by atoms with van der Waals surface area (Å²) < 4.78 is 22.5. The highest BCUT2D eigenvalue weighted by molar-refractivity contribution is 6.60. The van der Waals surface area contributed by atoms with E-state index in [2.05, 4.69) is 16.0 Å². The van der Waals surface area contributed by atoms with Crippen LogP contribution in [0.2, 0.25) is 6.04 Å². The number of esters is 1. The zero-order chi connectivity index (χ0) is 28.7. The second-order valence-electron chi connectivity index (χ2n) is 8.97. The summed E-state index contributed by atoms with van der Waals surface area (Å²) >= 11 is 0. The molecule has 3 amide bonds. The number of aliphatic hydroxyl groups is 1. The summed E-state index contributed by atoms with van der Waals surface area (Å²) in [4.78, 5) is 34.5. The second kappa shape index (κ2) is 22.3. The van der Waals surface area contributed by atoms with E-state index in [1.807, 2.05) is 55.4 Å². The number of urea groups is 1. The van der Waals surface area contributed by atoms with Crippen molar-refractivity contribution < 1.29 is 37.5 Å². The van der Waals surface area contributed by atoms with Crippen LogP contribution in [0.15, 0.2) is 0 Å². The van der Waals surface area contributed by atoms with Crippen LogP contribution >= 0.6 is 0 Å². The average molecular weight is 552 g/mol. The van der Waals surface area contributed by atoms with Crippen LogP contribution in [0.1, 0.15) is 74.7 Å². The topological polar surface area (TPSA) is 144 Å². The van der Waals surface area contributed by atoms with E-state index < -0.39 is 14.2 Å². The molecule has 1 unspecified atom stereocenters. The second-order valence-corrected chi connectivity index (χ2v) is 11.7. The standard InChI is InChI=1S/C18H38N2O6Si.C7H15NO2/c1-7-18(5,6)16(21)23-14-13-20-17(22)19-12-11-15-27(24-8-2,25-9-3)26-10-4;1-3-6(2)7(10)8-4-5-9/h7-15H2,1-6H3,(H2,19,20,22);6,9H,3-5H2,1-2H3,(H,8,10). The number of aliphatic hydroxyl groups excluding tert-OH is 1. The molecule has 37 heavy (non-hydrogen) atoms. The smallest absolute Gasteiger partial charge is 0.463 e. The number of ether oxygens (including phenoxy) is 1. The molecule has 0 aromatic carbocycles. The summed E-state index contributed by atoms with van der Waals surface area (Å²) in [5, 5.41) is 16.4. The van der Waals surface area contributed by atoms with Crippen LogP contribution < -0.4 is 16.0 Å². The van der Waals surface area contributed by atoms with Crippen molar-refractivity contribution in [3.05, 3.63) is 0 Å². The minimum Gasteiger partial charge on any atom is -0.463 e. The van der Waals surface area contributed by atoms with Gasteiger partial charge in [0.1, 0.15) is 6.61 Å². The van der Waals surface area contributed by atoms with Gasteiger partial charge in [-0.15, -0.1) is 0 Å². The Hall–Kier alpha value is -1.73. The lowest BCUT2D eigenvalue weighted by Crippen LogP contribution is -2.46. The number of rotatable bonds is 19. The minimum atomic E-state index is -2.66. The molecule has 0 spiro atoms. The molecule has 1 atom stereocenters. The Balaban J connectivity index is 0. The molecule has 12 heteroatoms. The number of carbonyl (C=O) groups is 3. The highest BCUT2D eigenvalue weighted by Gasteiger charge is 2.39. The van der Waals surface area contributed by atoms with Crippen LogP contribution in [0, 0.1) is 11.3 Å². The predicted molar refractivity (Wildman–Crippen MR) is 146 cm³/mol. The van der Waals surface area contributed by atoms with E-state index in [0.717, 1.165) is 6.42 Å². The fraction of sp³-hybridized carbons (Fsp3) is 0.880. The Morgan fingerprint density at radius 3 is 1.86 bits per heavy atom. The highest BCUT2D eigenvalue weighted by Crippen LogP contribution is 2.21. The third-order valence-corrected chi connectivity index (χ3v) is 8.72. The van der Waals surface area contributed by atoms with E-state index in [0.29, 0.717) is 51.8 Å².